The molecule has 0 saturated heterocycles. The van der Waals surface area contributed by atoms with E-state index in [9.17, 15) is 0 Å². The molecule has 0 aliphatic carbocycles. The van der Waals surface area contributed by atoms with Crippen molar-refractivity contribution < 1.29 is 0 Å². The second-order valence-electron chi connectivity index (χ2n) is 17.5. The van der Waals surface area contributed by atoms with Gasteiger partial charge in [0.15, 0.2) is 0 Å². The molecule has 81 heavy (non-hydrogen) atoms. The van der Waals surface area contributed by atoms with Gasteiger partial charge in [-0.3, -0.25) is 0 Å². The highest BCUT2D eigenvalue weighted by Crippen LogP contribution is 2.09. The molecule has 0 bridgehead atoms. The first-order valence-electron chi connectivity index (χ1n) is 25.8. The topological polar surface area (TPSA) is 468 Å². The van der Waals surface area contributed by atoms with E-state index in [-0.39, 0.29) is 0 Å². The van der Waals surface area contributed by atoms with Crippen molar-refractivity contribution >= 4 is 51.2 Å². The van der Waals surface area contributed by atoms with E-state index in [1.807, 2.05) is 146 Å². The fraction of sp³-hybridized carbons (Fsp3) is 0.143. The zero-order chi connectivity index (χ0) is 60.2. The first-order valence-corrected chi connectivity index (χ1v) is 25.8. The highest BCUT2D eigenvalue weighted by atomic mass is 14.6. The Morgan fingerprint density at radius 3 is 0.259 bits per heavy atom. The molecule has 0 heterocycles. The van der Waals surface area contributed by atoms with Gasteiger partial charge < -0.3 is 103 Å². The van der Waals surface area contributed by atoms with Crippen LogP contribution in [0.25, 0.3) is 0 Å². The Morgan fingerprint density at radius 1 is 0.123 bits per heavy atom. The lowest BCUT2D eigenvalue weighted by atomic mass is 10.1. The third kappa shape index (κ3) is 34.3. The van der Waals surface area contributed by atoms with E-state index in [4.69, 9.17) is 103 Å². The minimum absolute atomic E-state index is 0.584. The van der Waals surface area contributed by atoms with E-state index in [1.165, 1.54) is 0 Å². The van der Waals surface area contributed by atoms with Crippen molar-refractivity contribution in [2.75, 3.05) is 51.6 Å². The number of benzene rings is 9. The molecule has 0 amide bonds. The minimum Gasteiger partial charge on any atom is -0.399 e. The highest BCUT2D eigenvalue weighted by Gasteiger charge is 1.92. The quantitative estimate of drug-likeness (QED) is 0.0681. The molecule has 432 valence electrons. The van der Waals surface area contributed by atoms with Crippen molar-refractivity contribution in [2.45, 2.75) is 58.9 Å². The SMILES string of the molecule is NCc1ccc(CN)cc1.NCc1ccc(CN)cc1.NCc1ccc(CN)cc1.NCc1ccc(N)cc1.NCc1ccc(N)cc1.NCc1ccc(N)cc1.Nc1ccc(N)cc1.Nc1ccc(N)cc1.Nc1ccc(N)cc1. The fourth-order valence-corrected chi connectivity index (χ4v) is 5.88. The van der Waals surface area contributed by atoms with E-state index in [2.05, 4.69) is 0 Å². The standard InChI is InChI=1S/3C8H12N2.3C7H10N2.3C6H8N2/c3*9-5-7-1-2-8(6-10)4-3-7;3*8-5-6-1-3-7(9)4-2-6;3*7-5-1-2-6(8)4-3-5/h3*1-4H,5-6,9-10H2;3*1-4H,5,8-9H2;3*1-4H,7-8H2. The van der Waals surface area contributed by atoms with Crippen LogP contribution in [0.2, 0.25) is 0 Å². The van der Waals surface area contributed by atoms with Gasteiger partial charge in [0, 0.05) is 110 Å². The maximum absolute atomic E-state index is 5.44. The predicted molar refractivity (Wildman–Crippen MR) is 349 cm³/mol. The van der Waals surface area contributed by atoms with Crippen molar-refractivity contribution in [3.63, 3.8) is 0 Å². The van der Waals surface area contributed by atoms with Gasteiger partial charge in [-0.25, -0.2) is 0 Å². The van der Waals surface area contributed by atoms with Gasteiger partial charge in [-0.15, -0.1) is 0 Å². The fourth-order valence-electron chi connectivity index (χ4n) is 5.88. The summed E-state index contributed by atoms with van der Waals surface area (Å²) in [4.78, 5) is 0. The summed E-state index contributed by atoms with van der Waals surface area (Å²) < 4.78 is 0. The molecule has 0 unspecified atom stereocenters. The average molecular weight is 1100 g/mol. The Bertz CT molecular complexity index is 2450. The van der Waals surface area contributed by atoms with E-state index in [0.717, 1.165) is 101 Å². The Balaban J connectivity index is 0.000000456. The van der Waals surface area contributed by atoms with Gasteiger partial charge in [0.2, 0.25) is 0 Å². The molecule has 0 aromatic heterocycles. The number of nitrogen functional groups attached to an aromatic ring is 9. The molecule has 0 atom stereocenters. The van der Waals surface area contributed by atoms with Gasteiger partial charge in [-0.2, -0.15) is 0 Å². The Kier molecular flexibility index (Phi) is 36.9. The van der Waals surface area contributed by atoms with Crippen LogP contribution >= 0.6 is 0 Å². The molecular weight excluding hydrogens is 1010 g/mol. The Morgan fingerprint density at radius 2 is 0.185 bits per heavy atom. The predicted octanol–water partition coefficient (Wildman–Crippen LogP) is 6.55. The molecule has 9 aromatic carbocycles. The number of rotatable bonds is 9. The summed E-state index contributed by atoms with van der Waals surface area (Å²) >= 11 is 0. The zero-order valence-corrected chi connectivity index (χ0v) is 46.5. The van der Waals surface area contributed by atoms with Gasteiger partial charge in [0.1, 0.15) is 0 Å². The third-order valence-electron chi connectivity index (χ3n) is 10.9. The molecule has 0 aliphatic rings. The van der Waals surface area contributed by atoms with Crippen LogP contribution in [-0.4, -0.2) is 0 Å². The summed E-state index contributed by atoms with van der Waals surface area (Å²) in [6.45, 7) is 5.36. The maximum atomic E-state index is 5.44. The summed E-state index contributed by atoms with van der Waals surface area (Å²) in [7, 11) is 0. The molecule has 18 heteroatoms. The molecule has 18 nitrogen and oxygen atoms in total. The summed E-state index contributed by atoms with van der Waals surface area (Å²) in [5.41, 5.74) is 114. The third-order valence-corrected chi connectivity index (χ3v) is 10.9. The molecule has 0 saturated carbocycles. The van der Waals surface area contributed by atoms with Gasteiger partial charge in [-0.05, 0) is 159 Å². The average Bonchev–Trinajstić information content (AvgIpc) is 3.51. The highest BCUT2D eigenvalue weighted by molar-refractivity contribution is 5.50. The number of anilines is 9. The molecule has 9 rings (SSSR count). The molecule has 36 N–H and O–H groups in total. The van der Waals surface area contributed by atoms with Gasteiger partial charge in [-0.1, -0.05) is 109 Å². The molecule has 0 spiro atoms. The summed E-state index contributed by atoms with van der Waals surface area (Å²) in [5, 5.41) is 0. The van der Waals surface area contributed by atoms with Crippen molar-refractivity contribution in [3.8, 4) is 0 Å². The van der Waals surface area contributed by atoms with Crippen LogP contribution in [0.1, 0.15) is 50.1 Å². The van der Waals surface area contributed by atoms with Crippen LogP contribution in [0.3, 0.4) is 0 Å². The van der Waals surface area contributed by atoms with Crippen LogP contribution in [0.15, 0.2) is 218 Å². The summed E-state index contributed by atoms with van der Waals surface area (Å²) in [6.07, 6.45) is 0. The van der Waals surface area contributed by atoms with E-state index >= 15 is 0 Å². The molecular formula is C63H90N18. The van der Waals surface area contributed by atoms with Crippen LogP contribution in [-0.2, 0) is 58.9 Å². The first kappa shape index (κ1) is 69.8. The first-order chi connectivity index (χ1) is 38.9. The van der Waals surface area contributed by atoms with Gasteiger partial charge in [0.05, 0.1) is 0 Å². The second kappa shape index (κ2) is 42.8. The maximum Gasteiger partial charge on any atom is 0.0315 e. The lowest BCUT2D eigenvalue weighted by Gasteiger charge is -1.97. The smallest absolute Gasteiger partial charge is 0.0315 e. The van der Waals surface area contributed by atoms with Gasteiger partial charge >= 0.3 is 0 Å². The lowest BCUT2D eigenvalue weighted by Crippen LogP contribution is -1.98. The van der Waals surface area contributed by atoms with Crippen LogP contribution in [0.4, 0.5) is 51.2 Å². The van der Waals surface area contributed by atoms with Crippen molar-refractivity contribution in [3.05, 3.63) is 268 Å². The van der Waals surface area contributed by atoms with Gasteiger partial charge in [0.25, 0.3) is 0 Å². The summed E-state index contributed by atoms with van der Waals surface area (Å²) in [6, 6.07) is 68.0. The van der Waals surface area contributed by atoms with Crippen LogP contribution < -0.4 is 103 Å². The molecule has 0 radical (unpaired) electrons. The zero-order valence-electron chi connectivity index (χ0n) is 46.5. The normalized spacial score (nSPS) is 9.44. The van der Waals surface area contributed by atoms with Crippen LogP contribution in [0, 0.1) is 0 Å². The lowest BCUT2D eigenvalue weighted by molar-refractivity contribution is 1.04. The number of hydrogen-bond donors (Lipinski definition) is 18. The van der Waals surface area contributed by atoms with E-state index < -0.39 is 0 Å². The van der Waals surface area contributed by atoms with Crippen LogP contribution in [0.5, 0.6) is 0 Å². The molecule has 0 aliphatic heterocycles. The Labute approximate surface area is 479 Å². The number of nitrogens with two attached hydrogens (primary N) is 18. The molecule has 0 fully saturated rings. The van der Waals surface area contributed by atoms with Crippen molar-refractivity contribution in [2.24, 2.45) is 51.6 Å². The largest absolute Gasteiger partial charge is 0.399 e. The monoisotopic (exact) mass is 1100 g/mol. The Hall–Kier alpha value is -9.18. The van der Waals surface area contributed by atoms with Crippen molar-refractivity contribution in [1.82, 2.24) is 0 Å². The number of hydrogen-bond acceptors (Lipinski definition) is 18. The summed E-state index contributed by atoms with van der Waals surface area (Å²) in [5.74, 6) is 0. The molecule has 9 aromatic rings. The minimum atomic E-state index is 0.584. The second-order valence-corrected chi connectivity index (χ2v) is 17.5. The van der Waals surface area contributed by atoms with E-state index in [1.54, 1.807) is 72.8 Å². The van der Waals surface area contributed by atoms with E-state index in [0.29, 0.717) is 58.9 Å². The van der Waals surface area contributed by atoms with Crippen molar-refractivity contribution in [1.29, 1.82) is 0 Å².